The van der Waals surface area contributed by atoms with Crippen LogP contribution in [-0.4, -0.2) is 29.0 Å². The molecule has 1 N–H and O–H groups in total. The topological polar surface area (TPSA) is 58.4 Å². The van der Waals surface area contributed by atoms with E-state index >= 15 is 0 Å². The number of piperidine rings is 1. The third kappa shape index (κ3) is 4.48. The SMILES string of the molecule is Cc1nc(CNC(=O)N2CCC[C@@H](CC(C)C)C2)oc1C. The summed E-state index contributed by atoms with van der Waals surface area (Å²) in [4.78, 5) is 18.5. The molecule has 1 aliphatic heterocycles. The molecule has 0 saturated carbocycles. The molecule has 1 atom stereocenters. The molecule has 118 valence electrons. The first kappa shape index (κ1) is 15.9. The lowest BCUT2D eigenvalue weighted by atomic mass is 9.90. The van der Waals surface area contributed by atoms with Crippen molar-refractivity contribution < 1.29 is 9.21 Å². The van der Waals surface area contributed by atoms with Crippen molar-refractivity contribution in [2.75, 3.05) is 13.1 Å². The summed E-state index contributed by atoms with van der Waals surface area (Å²) >= 11 is 0. The van der Waals surface area contributed by atoms with Crippen molar-refractivity contribution in [3.8, 4) is 0 Å². The number of hydrogen-bond donors (Lipinski definition) is 1. The van der Waals surface area contributed by atoms with E-state index in [9.17, 15) is 4.79 Å². The van der Waals surface area contributed by atoms with E-state index in [4.69, 9.17) is 4.42 Å². The zero-order valence-electron chi connectivity index (χ0n) is 13.6. The summed E-state index contributed by atoms with van der Waals surface area (Å²) in [5.74, 6) is 2.72. The number of carbonyl (C=O) groups is 1. The molecular weight excluding hydrogens is 266 g/mol. The predicted octanol–water partition coefficient (Wildman–Crippen LogP) is 3.26. The average molecular weight is 293 g/mol. The Kier molecular flexibility index (Phi) is 5.26. The van der Waals surface area contributed by atoms with Crippen LogP contribution in [-0.2, 0) is 6.54 Å². The zero-order valence-corrected chi connectivity index (χ0v) is 13.6. The van der Waals surface area contributed by atoms with E-state index in [-0.39, 0.29) is 6.03 Å². The highest BCUT2D eigenvalue weighted by Gasteiger charge is 2.24. The van der Waals surface area contributed by atoms with Crippen molar-refractivity contribution in [3.05, 3.63) is 17.3 Å². The molecule has 0 aliphatic carbocycles. The van der Waals surface area contributed by atoms with Gasteiger partial charge in [-0.2, -0.15) is 0 Å². The number of oxazole rings is 1. The highest BCUT2D eigenvalue weighted by molar-refractivity contribution is 5.74. The van der Waals surface area contributed by atoms with Crippen LogP contribution >= 0.6 is 0 Å². The van der Waals surface area contributed by atoms with Crippen molar-refractivity contribution in [1.82, 2.24) is 15.2 Å². The summed E-state index contributed by atoms with van der Waals surface area (Å²) in [6.07, 6.45) is 3.53. The van der Waals surface area contributed by atoms with Crippen LogP contribution in [0.2, 0.25) is 0 Å². The lowest BCUT2D eigenvalue weighted by Gasteiger charge is -2.33. The Balaban J connectivity index is 1.82. The third-order valence-corrected chi connectivity index (χ3v) is 4.07. The van der Waals surface area contributed by atoms with E-state index in [1.807, 2.05) is 18.7 Å². The maximum Gasteiger partial charge on any atom is 0.317 e. The minimum absolute atomic E-state index is 0.00281. The van der Waals surface area contributed by atoms with Crippen LogP contribution in [0.1, 0.15) is 50.5 Å². The van der Waals surface area contributed by atoms with Gasteiger partial charge < -0.3 is 14.6 Å². The fourth-order valence-corrected chi connectivity index (χ4v) is 2.99. The predicted molar refractivity (Wildman–Crippen MR) is 82.0 cm³/mol. The van der Waals surface area contributed by atoms with Crippen LogP contribution in [0.3, 0.4) is 0 Å². The quantitative estimate of drug-likeness (QED) is 0.927. The monoisotopic (exact) mass is 293 g/mol. The van der Waals surface area contributed by atoms with Crippen molar-refractivity contribution in [3.63, 3.8) is 0 Å². The molecule has 0 radical (unpaired) electrons. The van der Waals surface area contributed by atoms with Crippen LogP contribution in [0, 0.1) is 25.7 Å². The standard InChI is InChI=1S/C16H27N3O2/c1-11(2)8-14-6-5-7-19(10-14)16(20)17-9-15-18-12(3)13(4)21-15/h11,14H,5-10H2,1-4H3,(H,17,20)/t14-/m0/s1. The van der Waals surface area contributed by atoms with E-state index in [1.165, 1.54) is 12.8 Å². The molecule has 1 aromatic heterocycles. The number of aromatic nitrogens is 1. The van der Waals surface area contributed by atoms with Crippen molar-refractivity contribution in [1.29, 1.82) is 0 Å². The molecule has 1 aromatic rings. The van der Waals surface area contributed by atoms with Gasteiger partial charge in [-0.1, -0.05) is 13.8 Å². The summed E-state index contributed by atoms with van der Waals surface area (Å²) in [5, 5.41) is 2.91. The number of amides is 2. The fraction of sp³-hybridized carbons (Fsp3) is 0.750. The number of likely N-dealkylation sites (tertiary alicyclic amines) is 1. The first-order chi connectivity index (χ1) is 9.95. The summed E-state index contributed by atoms with van der Waals surface area (Å²) in [6, 6.07) is -0.00281. The van der Waals surface area contributed by atoms with Gasteiger partial charge in [0.25, 0.3) is 0 Å². The van der Waals surface area contributed by atoms with E-state index in [2.05, 4.69) is 24.1 Å². The van der Waals surface area contributed by atoms with E-state index in [0.717, 1.165) is 31.0 Å². The molecule has 5 nitrogen and oxygen atoms in total. The van der Waals surface area contributed by atoms with Gasteiger partial charge in [-0.15, -0.1) is 0 Å². The number of urea groups is 1. The summed E-state index contributed by atoms with van der Waals surface area (Å²) in [7, 11) is 0. The molecule has 5 heteroatoms. The summed E-state index contributed by atoms with van der Waals surface area (Å²) in [6.45, 7) is 10.4. The van der Waals surface area contributed by atoms with Crippen LogP contribution < -0.4 is 5.32 Å². The molecule has 1 aliphatic rings. The van der Waals surface area contributed by atoms with Gasteiger partial charge in [0.1, 0.15) is 5.76 Å². The first-order valence-electron chi connectivity index (χ1n) is 7.91. The maximum atomic E-state index is 12.2. The van der Waals surface area contributed by atoms with Gasteiger partial charge in [0.2, 0.25) is 5.89 Å². The molecule has 0 bridgehead atoms. The molecule has 2 heterocycles. The first-order valence-corrected chi connectivity index (χ1v) is 7.91. The molecule has 2 rings (SSSR count). The Labute approximate surface area is 127 Å². The van der Waals surface area contributed by atoms with Gasteiger partial charge in [0.05, 0.1) is 12.2 Å². The van der Waals surface area contributed by atoms with Crippen molar-refractivity contribution >= 4 is 6.03 Å². The maximum absolute atomic E-state index is 12.2. The second-order valence-electron chi connectivity index (χ2n) is 6.49. The Hall–Kier alpha value is -1.52. The largest absolute Gasteiger partial charge is 0.444 e. The molecule has 2 amide bonds. The Morgan fingerprint density at radius 1 is 1.48 bits per heavy atom. The minimum Gasteiger partial charge on any atom is -0.444 e. The molecular formula is C16H27N3O2. The lowest BCUT2D eigenvalue weighted by Crippen LogP contribution is -2.45. The molecule has 0 spiro atoms. The summed E-state index contributed by atoms with van der Waals surface area (Å²) in [5.41, 5.74) is 0.884. The minimum atomic E-state index is -0.00281. The summed E-state index contributed by atoms with van der Waals surface area (Å²) < 4.78 is 5.48. The van der Waals surface area contributed by atoms with E-state index < -0.39 is 0 Å². The molecule has 21 heavy (non-hydrogen) atoms. The van der Waals surface area contributed by atoms with Crippen molar-refractivity contribution in [2.24, 2.45) is 11.8 Å². The van der Waals surface area contributed by atoms with Crippen molar-refractivity contribution in [2.45, 2.75) is 53.5 Å². The van der Waals surface area contributed by atoms with Crippen LogP contribution in [0.5, 0.6) is 0 Å². The smallest absolute Gasteiger partial charge is 0.317 e. The van der Waals surface area contributed by atoms with Gasteiger partial charge in [0, 0.05) is 13.1 Å². The number of nitrogens with zero attached hydrogens (tertiary/aromatic N) is 2. The molecule has 1 saturated heterocycles. The van der Waals surface area contributed by atoms with Gasteiger partial charge in [0.15, 0.2) is 0 Å². The normalized spacial score (nSPS) is 19.1. The number of carbonyl (C=O) groups excluding carboxylic acids is 1. The van der Waals surface area contributed by atoms with Gasteiger partial charge in [-0.05, 0) is 44.9 Å². The van der Waals surface area contributed by atoms with E-state index in [1.54, 1.807) is 0 Å². The molecule has 0 unspecified atom stereocenters. The van der Waals surface area contributed by atoms with Gasteiger partial charge >= 0.3 is 6.03 Å². The van der Waals surface area contributed by atoms with Crippen LogP contribution in [0.25, 0.3) is 0 Å². The van der Waals surface area contributed by atoms with Gasteiger partial charge in [-0.3, -0.25) is 0 Å². The second kappa shape index (κ2) is 6.96. The highest BCUT2D eigenvalue weighted by Crippen LogP contribution is 2.23. The van der Waals surface area contributed by atoms with Crippen LogP contribution in [0.4, 0.5) is 4.79 Å². The molecule has 0 aromatic carbocycles. The molecule has 1 fully saturated rings. The highest BCUT2D eigenvalue weighted by atomic mass is 16.4. The van der Waals surface area contributed by atoms with E-state index in [0.29, 0.717) is 24.3 Å². The second-order valence-corrected chi connectivity index (χ2v) is 6.49. The zero-order chi connectivity index (χ0) is 15.4. The number of aryl methyl sites for hydroxylation is 2. The Morgan fingerprint density at radius 2 is 2.24 bits per heavy atom. The fourth-order valence-electron chi connectivity index (χ4n) is 2.99. The Bertz CT molecular complexity index is 462. The number of rotatable bonds is 4. The Morgan fingerprint density at radius 3 is 2.86 bits per heavy atom. The van der Waals surface area contributed by atoms with Crippen LogP contribution in [0.15, 0.2) is 4.42 Å². The van der Waals surface area contributed by atoms with Gasteiger partial charge in [-0.25, -0.2) is 9.78 Å². The number of hydrogen-bond acceptors (Lipinski definition) is 3. The third-order valence-electron chi connectivity index (χ3n) is 4.07. The lowest BCUT2D eigenvalue weighted by molar-refractivity contribution is 0.156. The number of nitrogens with one attached hydrogen (secondary N) is 1. The average Bonchev–Trinajstić information content (AvgIpc) is 2.75.